The largest absolute Gasteiger partial charge is 0.497 e. The molecule has 1 aromatic carbocycles. The second-order valence-electron chi connectivity index (χ2n) is 5.75. The van der Waals surface area contributed by atoms with Crippen molar-refractivity contribution in [1.82, 2.24) is 4.90 Å². The molecule has 21 heavy (non-hydrogen) atoms. The minimum Gasteiger partial charge on any atom is -0.497 e. The fourth-order valence-corrected chi connectivity index (χ4v) is 3.03. The van der Waals surface area contributed by atoms with Gasteiger partial charge in [-0.05, 0) is 50.0 Å². The summed E-state index contributed by atoms with van der Waals surface area (Å²) in [4.78, 5) is 13.5. The summed E-state index contributed by atoms with van der Waals surface area (Å²) in [5.74, 6) is 0.126. The van der Waals surface area contributed by atoms with E-state index in [1.165, 1.54) is 31.2 Å². The molecule has 1 N–H and O–H groups in total. The number of ether oxygens (including phenoxy) is 1. The Balaban J connectivity index is 2.05. The van der Waals surface area contributed by atoms with Crippen molar-refractivity contribution < 1.29 is 14.6 Å². The number of carboxylic acid groups (broad SMARTS) is 1. The normalized spacial score (nSPS) is 18.0. The van der Waals surface area contributed by atoms with Crippen molar-refractivity contribution in [2.24, 2.45) is 0 Å². The maximum absolute atomic E-state index is 11.2. The van der Waals surface area contributed by atoms with E-state index in [-0.39, 0.29) is 12.5 Å². The summed E-state index contributed by atoms with van der Waals surface area (Å²) in [7, 11) is 1.65. The highest BCUT2D eigenvalue weighted by Crippen LogP contribution is 2.19. The number of nitrogens with zero attached hydrogens (tertiary/aromatic N) is 1. The van der Waals surface area contributed by atoms with Crippen LogP contribution in [-0.4, -0.2) is 42.2 Å². The highest BCUT2D eigenvalue weighted by molar-refractivity contribution is 5.67. The third-order valence-electron chi connectivity index (χ3n) is 4.20. The van der Waals surface area contributed by atoms with Crippen LogP contribution in [-0.2, 0) is 11.2 Å². The molecule has 1 aromatic rings. The van der Waals surface area contributed by atoms with Crippen LogP contribution in [0.1, 0.15) is 37.7 Å². The number of carbonyl (C=O) groups is 1. The van der Waals surface area contributed by atoms with Crippen molar-refractivity contribution in [2.45, 2.75) is 44.6 Å². The van der Waals surface area contributed by atoms with Crippen LogP contribution in [0.2, 0.25) is 0 Å². The fourth-order valence-electron chi connectivity index (χ4n) is 3.03. The van der Waals surface area contributed by atoms with Gasteiger partial charge in [-0.25, -0.2) is 0 Å². The first kappa shape index (κ1) is 15.8. The van der Waals surface area contributed by atoms with Gasteiger partial charge in [0.15, 0.2) is 0 Å². The van der Waals surface area contributed by atoms with E-state index < -0.39 is 5.97 Å². The average Bonchev–Trinajstić information content (AvgIpc) is 2.76. The van der Waals surface area contributed by atoms with Crippen molar-refractivity contribution in [2.75, 3.05) is 20.2 Å². The van der Waals surface area contributed by atoms with E-state index in [2.05, 4.69) is 4.90 Å². The summed E-state index contributed by atoms with van der Waals surface area (Å²) in [5.41, 5.74) is 1.17. The van der Waals surface area contributed by atoms with Crippen LogP contribution in [0.5, 0.6) is 5.75 Å². The van der Waals surface area contributed by atoms with Crippen molar-refractivity contribution >= 4 is 5.97 Å². The molecule has 116 valence electrons. The van der Waals surface area contributed by atoms with E-state index in [9.17, 15) is 9.90 Å². The molecule has 0 spiro atoms. The van der Waals surface area contributed by atoms with E-state index in [0.717, 1.165) is 25.3 Å². The maximum atomic E-state index is 11.2. The molecule has 1 saturated heterocycles. The SMILES string of the molecule is COc1ccc(CC(CC(=O)O)N2CCCCCC2)cc1. The number of likely N-dealkylation sites (tertiary alicyclic amines) is 1. The summed E-state index contributed by atoms with van der Waals surface area (Å²) in [6, 6.07) is 8.04. The molecular weight excluding hydrogens is 266 g/mol. The standard InChI is InChI=1S/C17H25NO3/c1-21-16-8-6-14(7-9-16)12-15(13-17(19)20)18-10-4-2-3-5-11-18/h6-9,15H,2-5,10-13H2,1H3,(H,19,20). The number of rotatable bonds is 6. The van der Waals surface area contributed by atoms with E-state index >= 15 is 0 Å². The lowest BCUT2D eigenvalue weighted by Gasteiger charge is -2.29. The Morgan fingerprint density at radius 2 is 1.81 bits per heavy atom. The quantitative estimate of drug-likeness (QED) is 0.875. The van der Waals surface area contributed by atoms with Gasteiger partial charge in [0, 0.05) is 6.04 Å². The fraction of sp³-hybridized carbons (Fsp3) is 0.588. The van der Waals surface area contributed by atoms with Crippen LogP contribution >= 0.6 is 0 Å². The molecule has 4 heteroatoms. The lowest BCUT2D eigenvalue weighted by molar-refractivity contribution is -0.138. The summed E-state index contributed by atoms with van der Waals surface area (Å²) in [6.07, 6.45) is 5.89. The van der Waals surface area contributed by atoms with Crippen LogP contribution in [0.4, 0.5) is 0 Å². The zero-order valence-electron chi connectivity index (χ0n) is 12.8. The molecule has 0 aliphatic carbocycles. The highest BCUT2D eigenvalue weighted by Gasteiger charge is 2.22. The monoisotopic (exact) mass is 291 g/mol. The topological polar surface area (TPSA) is 49.8 Å². The molecule has 0 saturated carbocycles. The molecule has 2 rings (SSSR count). The Hall–Kier alpha value is -1.55. The lowest BCUT2D eigenvalue weighted by atomic mass is 10.0. The van der Waals surface area contributed by atoms with E-state index in [1.54, 1.807) is 7.11 Å². The molecule has 0 aromatic heterocycles. The Kier molecular flexibility index (Phi) is 6.05. The second-order valence-corrected chi connectivity index (χ2v) is 5.75. The minimum atomic E-state index is -0.710. The number of methoxy groups -OCH3 is 1. The zero-order valence-corrected chi connectivity index (χ0v) is 12.8. The minimum absolute atomic E-state index is 0.0917. The molecule has 1 atom stereocenters. The first-order valence-corrected chi connectivity index (χ1v) is 7.78. The van der Waals surface area contributed by atoms with Crippen molar-refractivity contribution in [1.29, 1.82) is 0 Å². The van der Waals surface area contributed by atoms with Gasteiger partial charge in [-0.2, -0.15) is 0 Å². The number of hydrogen-bond acceptors (Lipinski definition) is 3. The third-order valence-corrected chi connectivity index (χ3v) is 4.20. The lowest BCUT2D eigenvalue weighted by Crippen LogP contribution is -2.39. The number of carboxylic acids is 1. The first-order valence-electron chi connectivity index (χ1n) is 7.78. The number of aliphatic carboxylic acids is 1. The van der Waals surface area contributed by atoms with E-state index in [4.69, 9.17) is 4.74 Å². The van der Waals surface area contributed by atoms with E-state index in [1.807, 2.05) is 24.3 Å². The molecule has 0 bridgehead atoms. The van der Waals surface area contributed by atoms with Gasteiger partial charge in [-0.3, -0.25) is 9.69 Å². The van der Waals surface area contributed by atoms with Gasteiger partial charge in [0.25, 0.3) is 0 Å². The molecule has 0 amide bonds. The molecule has 1 fully saturated rings. The molecule has 0 radical (unpaired) electrons. The molecule has 1 heterocycles. The second kappa shape index (κ2) is 8.03. The summed E-state index contributed by atoms with van der Waals surface area (Å²) >= 11 is 0. The Bertz CT molecular complexity index is 436. The third kappa shape index (κ3) is 5.05. The Labute approximate surface area is 126 Å². The van der Waals surface area contributed by atoms with Gasteiger partial charge in [0.2, 0.25) is 0 Å². The van der Waals surface area contributed by atoms with Gasteiger partial charge in [-0.15, -0.1) is 0 Å². The predicted octanol–water partition coefficient (Wildman–Crippen LogP) is 2.96. The van der Waals surface area contributed by atoms with Crippen LogP contribution in [0, 0.1) is 0 Å². The van der Waals surface area contributed by atoms with E-state index in [0.29, 0.717) is 0 Å². The van der Waals surface area contributed by atoms with Crippen molar-refractivity contribution in [3.8, 4) is 5.75 Å². The average molecular weight is 291 g/mol. The van der Waals surface area contributed by atoms with Gasteiger partial charge in [0.05, 0.1) is 13.5 Å². The number of benzene rings is 1. The van der Waals surface area contributed by atoms with Crippen LogP contribution in [0.15, 0.2) is 24.3 Å². The first-order chi connectivity index (χ1) is 10.2. The number of hydrogen-bond donors (Lipinski definition) is 1. The van der Waals surface area contributed by atoms with Crippen molar-refractivity contribution in [3.05, 3.63) is 29.8 Å². The summed E-state index contributed by atoms with van der Waals surface area (Å²) in [5, 5.41) is 9.20. The van der Waals surface area contributed by atoms with Crippen molar-refractivity contribution in [3.63, 3.8) is 0 Å². The van der Waals surface area contributed by atoms with Crippen LogP contribution in [0.25, 0.3) is 0 Å². The van der Waals surface area contributed by atoms with Crippen LogP contribution in [0.3, 0.4) is 0 Å². The van der Waals surface area contributed by atoms with Gasteiger partial charge >= 0.3 is 5.97 Å². The van der Waals surface area contributed by atoms with Crippen LogP contribution < -0.4 is 4.74 Å². The predicted molar refractivity (Wildman–Crippen MR) is 82.8 cm³/mol. The Morgan fingerprint density at radius 1 is 1.19 bits per heavy atom. The molecule has 1 aliphatic heterocycles. The zero-order chi connectivity index (χ0) is 15.1. The maximum Gasteiger partial charge on any atom is 0.304 e. The molecule has 4 nitrogen and oxygen atoms in total. The smallest absolute Gasteiger partial charge is 0.304 e. The highest BCUT2D eigenvalue weighted by atomic mass is 16.5. The molecule has 1 unspecified atom stereocenters. The van der Waals surface area contributed by atoms with Gasteiger partial charge in [0.1, 0.15) is 5.75 Å². The summed E-state index contributed by atoms with van der Waals surface area (Å²) in [6.45, 7) is 2.04. The molecule has 1 aliphatic rings. The molecular formula is C17H25NO3. The van der Waals surface area contributed by atoms with Gasteiger partial charge < -0.3 is 9.84 Å². The van der Waals surface area contributed by atoms with Gasteiger partial charge in [-0.1, -0.05) is 25.0 Å². The Morgan fingerprint density at radius 3 is 2.33 bits per heavy atom. The summed E-state index contributed by atoms with van der Waals surface area (Å²) < 4.78 is 5.17.